The smallest absolute Gasteiger partial charge is 0.336 e. The SMILES string of the molecule is C=CCc1ccccc1OCC(O)CNC(=O)c1ccccc1C(=O)O. The van der Waals surface area contributed by atoms with Gasteiger partial charge in [0.25, 0.3) is 5.91 Å². The maximum atomic E-state index is 12.2. The first-order valence-corrected chi connectivity index (χ1v) is 8.13. The molecule has 6 nitrogen and oxygen atoms in total. The Hall–Kier alpha value is -3.12. The summed E-state index contributed by atoms with van der Waals surface area (Å²) in [5.74, 6) is -1.10. The Kier molecular flexibility index (Phi) is 6.93. The normalized spacial score (nSPS) is 11.4. The maximum Gasteiger partial charge on any atom is 0.336 e. The highest BCUT2D eigenvalue weighted by atomic mass is 16.5. The van der Waals surface area contributed by atoms with Gasteiger partial charge < -0.3 is 20.3 Å². The van der Waals surface area contributed by atoms with E-state index < -0.39 is 18.0 Å². The maximum absolute atomic E-state index is 12.2. The molecule has 26 heavy (non-hydrogen) atoms. The Bertz CT molecular complexity index is 787. The zero-order valence-electron chi connectivity index (χ0n) is 14.2. The Morgan fingerprint density at radius 2 is 1.77 bits per heavy atom. The fourth-order valence-corrected chi connectivity index (χ4v) is 2.39. The van der Waals surface area contributed by atoms with Crippen molar-refractivity contribution in [2.24, 2.45) is 0 Å². The quantitative estimate of drug-likeness (QED) is 0.600. The highest BCUT2D eigenvalue weighted by Crippen LogP contribution is 2.18. The second-order valence-electron chi connectivity index (χ2n) is 5.63. The minimum absolute atomic E-state index is 0.00495. The number of benzene rings is 2. The molecule has 1 unspecified atom stereocenters. The summed E-state index contributed by atoms with van der Waals surface area (Å²) in [5, 5.41) is 21.7. The molecule has 6 heteroatoms. The molecule has 2 rings (SSSR count). The van der Waals surface area contributed by atoms with Crippen LogP contribution in [0.4, 0.5) is 0 Å². The summed E-state index contributed by atoms with van der Waals surface area (Å²) in [6.07, 6.45) is 1.47. The minimum atomic E-state index is -1.18. The molecule has 1 atom stereocenters. The zero-order valence-corrected chi connectivity index (χ0v) is 14.2. The number of carboxylic acid groups (broad SMARTS) is 1. The monoisotopic (exact) mass is 355 g/mol. The molecule has 1 amide bonds. The van der Waals surface area contributed by atoms with Crippen LogP contribution in [0.15, 0.2) is 61.2 Å². The molecule has 0 heterocycles. The van der Waals surface area contributed by atoms with E-state index in [2.05, 4.69) is 11.9 Å². The van der Waals surface area contributed by atoms with E-state index in [0.29, 0.717) is 12.2 Å². The molecule has 2 aromatic carbocycles. The van der Waals surface area contributed by atoms with E-state index in [1.54, 1.807) is 24.3 Å². The third-order valence-corrected chi connectivity index (χ3v) is 3.67. The summed E-state index contributed by atoms with van der Waals surface area (Å²) in [6, 6.07) is 13.3. The number of carbonyl (C=O) groups excluding carboxylic acids is 1. The lowest BCUT2D eigenvalue weighted by atomic mass is 10.1. The number of para-hydroxylation sites is 1. The van der Waals surface area contributed by atoms with Crippen LogP contribution in [0.3, 0.4) is 0 Å². The number of aliphatic hydroxyl groups excluding tert-OH is 1. The van der Waals surface area contributed by atoms with E-state index in [1.165, 1.54) is 12.1 Å². The Balaban J connectivity index is 1.89. The average molecular weight is 355 g/mol. The van der Waals surface area contributed by atoms with Crippen LogP contribution in [0.1, 0.15) is 26.3 Å². The van der Waals surface area contributed by atoms with E-state index in [1.807, 2.05) is 18.2 Å². The lowest BCUT2D eigenvalue weighted by Crippen LogP contribution is -2.36. The number of rotatable bonds is 9. The van der Waals surface area contributed by atoms with Gasteiger partial charge in [0.05, 0.1) is 11.1 Å². The topological polar surface area (TPSA) is 95.9 Å². The summed E-state index contributed by atoms with van der Waals surface area (Å²) >= 11 is 0. The van der Waals surface area contributed by atoms with Gasteiger partial charge in [-0.05, 0) is 30.2 Å². The highest BCUT2D eigenvalue weighted by Gasteiger charge is 2.16. The van der Waals surface area contributed by atoms with Gasteiger partial charge in [0.2, 0.25) is 0 Å². The van der Waals surface area contributed by atoms with Gasteiger partial charge >= 0.3 is 5.97 Å². The molecule has 0 radical (unpaired) electrons. The lowest BCUT2D eigenvalue weighted by molar-refractivity contribution is 0.0689. The van der Waals surface area contributed by atoms with Crippen LogP contribution in [-0.2, 0) is 6.42 Å². The molecule has 0 saturated heterocycles. The highest BCUT2D eigenvalue weighted by molar-refractivity contribution is 6.04. The van der Waals surface area contributed by atoms with E-state index in [9.17, 15) is 14.7 Å². The van der Waals surface area contributed by atoms with Gasteiger partial charge in [-0.2, -0.15) is 0 Å². The minimum Gasteiger partial charge on any atom is -0.491 e. The first-order chi connectivity index (χ1) is 12.5. The van der Waals surface area contributed by atoms with E-state index in [-0.39, 0.29) is 24.3 Å². The van der Waals surface area contributed by atoms with Crippen molar-refractivity contribution < 1.29 is 24.5 Å². The second kappa shape index (κ2) is 9.39. The van der Waals surface area contributed by atoms with Crippen molar-refractivity contribution >= 4 is 11.9 Å². The number of carboxylic acids is 1. The molecule has 0 spiro atoms. The molecule has 0 fully saturated rings. The van der Waals surface area contributed by atoms with Gasteiger partial charge in [-0.15, -0.1) is 6.58 Å². The van der Waals surface area contributed by atoms with E-state index in [0.717, 1.165) is 5.56 Å². The molecule has 0 saturated carbocycles. The molecule has 3 N–H and O–H groups in total. The number of amides is 1. The zero-order chi connectivity index (χ0) is 18.9. The van der Waals surface area contributed by atoms with Crippen molar-refractivity contribution in [1.29, 1.82) is 0 Å². The predicted molar refractivity (Wildman–Crippen MR) is 97.6 cm³/mol. The molecule has 0 aromatic heterocycles. The third-order valence-electron chi connectivity index (χ3n) is 3.67. The van der Waals surface area contributed by atoms with Crippen molar-refractivity contribution in [2.45, 2.75) is 12.5 Å². The molecular formula is C20H21NO5. The van der Waals surface area contributed by atoms with E-state index >= 15 is 0 Å². The predicted octanol–water partition coefficient (Wildman–Crippen LogP) is 2.28. The first-order valence-electron chi connectivity index (χ1n) is 8.13. The van der Waals surface area contributed by atoms with Gasteiger partial charge in [0.1, 0.15) is 18.5 Å². The van der Waals surface area contributed by atoms with Crippen LogP contribution in [0.2, 0.25) is 0 Å². The fraction of sp³-hybridized carbons (Fsp3) is 0.200. The molecule has 0 aliphatic rings. The van der Waals surface area contributed by atoms with Crippen LogP contribution in [-0.4, -0.2) is 41.3 Å². The van der Waals surface area contributed by atoms with Crippen molar-refractivity contribution in [1.82, 2.24) is 5.32 Å². The summed E-state index contributed by atoms with van der Waals surface area (Å²) in [5.41, 5.74) is 0.910. The number of allylic oxidation sites excluding steroid dienone is 1. The van der Waals surface area contributed by atoms with Crippen LogP contribution < -0.4 is 10.1 Å². The number of aliphatic hydroxyl groups is 1. The largest absolute Gasteiger partial charge is 0.491 e. The summed E-state index contributed by atoms with van der Waals surface area (Å²) in [7, 11) is 0. The number of hydrogen-bond donors (Lipinski definition) is 3. The fourth-order valence-electron chi connectivity index (χ4n) is 2.39. The van der Waals surface area contributed by atoms with Crippen molar-refractivity contribution in [3.63, 3.8) is 0 Å². The van der Waals surface area contributed by atoms with Gasteiger partial charge in [-0.3, -0.25) is 4.79 Å². The Morgan fingerprint density at radius 3 is 2.46 bits per heavy atom. The van der Waals surface area contributed by atoms with Gasteiger partial charge in [0.15, 0.2) is 0 Å². The molecule has 136 valence electrons. The lowest BCUT2D eigenvalue weighted by Gasteiger charge is -2.15. The van der Waals surface area contributed by atoms with Gasteiger partial charge in [-0.1, -0.05) is 36.4 Å². The number of carbonyl (C=O) groups is 2. The average Bonchev–Trinajstić information content (AvgIpc) is 2.65. The van der Waals surface area contributed by atoms with Crippen molar-refractivity contribution in [2.75, 3.05) is 13.2 Å². The Labute approximate surface area is 151 Å². The van der Waals surface area contributed by atoms with Crippen molar-refractivity contribution in [3.05, 3.63) is 77.9 Å². The molecule has 0 bridgehead atoms. The van der Waals surface area contributed by atoms with Gasteiger partial charge in [0, 0.05) is 6.54 Å². The molecule has 2 aromatic rings. The van der Waals surface area contributed by atoms with Gasteiger partial charge in [-0.25, -0.2) is 4.79 Å². The molecule has 0 aliphatic carbocycles. The van der Waals surface area contributed by atoms with Crippen LogP contribution in [0.5, 0.6) is 5.75 Å². The van der Waals surface area contributed by atoms with Crippen LogP contribution in [0, 0.1) is 0 Å². The Morgan fingerprint density at radius 1 is 1.12 bits per heavy atom. The molecule has 0 aliphatic heterocycles. The summed E-state index contributed by atoms with van der Waals surface area (Å²) in [6.45, 7) is 3.63. The summed E-state index contributed by atoms with van der Waals surface area (Å²) < 4.78 is 5.61. The number of aromatic carboxylic acids is 1. The number of nitrogens with one attached hydrogen (secondary N) is 1. The third kappa shape index (κ3) is 5.19. The van der Waals surface area contributed by atoms with Crippen LogP contribution in [0.25, 0.3) is 0 Å². The second-order valence-corrected chi connectivity index (χ2v) is 5.63. The first kappa shape index (κ1) is 19.2. The summed E-state index contributed by atoms with van der Waals surface area (Å²) in [4.78, 5) is 23.3. The molecular weight excluding hydrogens is 334 g/mol. The van der Waals surface area contributed by atoms with Crippen LogP contribution >= 0.6 is 0 Å². The number of ether oxygens (including phenoxy) is 1. The van der Waals surface area contributed by atoms with E-state index in [4.69, 9.17) is 9.84 Å². The number of hydrogen-bond acceptors (Lipinski definition) is 4. The standard InChI is InChI=1S/C20H21NO5/c1-2-7-14-8-3-6-11-18(14)26-13-15(22)12-21-19(23)16-9-4-5-10-17(16)20(24)25/h2-6,8-11,15,22H,1,7,12-13H2,(H,21,23)(H,24,25). The van der Waals surface area contributed by atoms with Crippen molar-refractivity contribution in [3.8, 4) is 5.75 Å².